The summed E-state index contributed by atoms with van der Waals surface area (Å²) in [6.07, 6.45) is 4.08. The number of carbonyl (C=O) groups excluding carboxylic acids is 3. The zero-order valence-corrected chi connectivity index (χ0v) is 31.8. The van der Waals surface area contributed by atoms with Gasteiger partial charge in [-0.2, -0.15) is 0 Å². The second-order valence-electron chi connectivity index (χ2n) is 15.2. The summed E-state index contributed by atoms with van der Waals surface area (Å²) in [5.41, 5.74) is 9.99. The van der Waals surface area contributed by atoms with Gasteiger partial charge in [0.15, 0.2) is 0 Å². The van der Waals surface area contributed by atoms with Crippen LogP contribution in [-0.2, 0) is 50.2 Å². The Bertz CT molecular complexity index is 2260. The SMILES string of the molecule is CC(Cc1ccc(Cl)cc1)C(=O)N1Cc2cc(C(=O)N3Cc4ccccc4C[C@H]3C)c(-c3cc(C(=O)N(C)c4ccc(O)cc4)c4n3CCCC4)cc2C1. The van der Waals surface area contributed by atoms with E-state index in [4.69, 9.17) is 11.6 Å². The average molecular weight is 741 g/mol. The molecule has 1 unspecified atom stereocenters. The molecule has 3 aliphatic rings. The van der Waals surface area contributed by atoms with Crippen molar-refractivity contribution in [3.8, 4) is 17.0 Å². The summed E-state index contributed by atoms with van der Waals surface area (Å²) in [5, 5.41) is 10.5. The molecular formula is C45H45ClN4O4. The molecule has 9 heteroatoms. The van der Waals surface area contributed by atoms with E-state index in [-0.39, 0.29) is 35.4 Å². The highest BCUT2D eigenvalue weighted by molar-refractivity contribution is 6.30. The Balaban J connectivity index is 1.18. The number of hydrogen-bond acceptors (Lipinski definition) is 4. The van der Waals surface area contributed by atoms with Gasteiger partial charge in [0.2, 0.25) is 5.91 Å². The molecule has 3 aliphatic heterocycles. The molecule has 0 saturated carbocycles. The van der Waals surface area contributed by atoms with Gasteiger partial charge in [-0.3, -0.25) is 14.4 Å². The van der Waals surface area contributed by atoms with Crippen molar-refractivity contribution < 1.29 is 19.5 Å². The Morgan fingerprint density at radius 2 is 1.56 bits per heavy atom. The monoisotopic (exact) mass is 740 g/mol. The summed E-state index contributed by atoms with van der Waals surface area (Å²) in [6, 6.07) is 28.7. The van der Waals surface area contributed by atoms with Crippen LogP contribution in [0, 0.1) is 5.92 Å². The first-order valence-electron chi connectivity index (χ1n) is 18.9. The fourth-order valence-corrected chi connectivity index (χ4v) is 8.66. The van der Waals surface area contributed by atoms with Gasteiger partial charge >= 0.3 is 0 Å². The molecule has 54 heavy (non-hydrogen) atoms. The van der Waals surface area contributed by atoms with Crippen LogP contribution in [0.1, 0.15) is 80.9 Å². The Hall–Kier alpha value is -5.34. The Morgan fingerprint density at radius 1 is 0.852 bits per heavy atom. The summed E-state index contributed by atoms with van der Waals surface area (Å²) >= 11 is 6.11. The van der Waals surface area contributed by atoms with Crippen molar-refractivity contribution in [1.82, 2.24) is 14.4 Å². The van der Waals surface area contributed by atoms with Gasteiger partial charge < -0.3 is 24.4 Å². The number of rotatable bonds is 7. The smallest absolute Gasteiger partial charge is 0.259 e. The Labute approximate surface area is 321 Å². The van der Waals surface area contributed by atoms with Crippen LogP contribution < -0.4 is 4.90 Å². The lowest BCUT2D eigenvalue weighted by Gasteiger charge is -2.35. The van der Waals surface area contributed by atoms with Gasteiger partial charge in [0, 0.05) is 78.4 Å². The molecule has 3 amide bonds. The molecule has 8 nitrogen and oxygen atoms in total. The van der Waals surface area contributed by atoms with Crippen molar-refractivity contribution in [1.29, 1.82) is 0 Å². The van der Waals surface area contributed by atoms with Crippen LogP contribution in [0.5, 0.6) is 5.75 Å². The molecule has 1 aromatic heterocycles. The lowest BCUT2D eigenvalue weighted by molar-refractivity contribution is -0.135. The Kier molecular flexibility index (Phi) is 9.57. The van der Waals surface area contributed by atoms with E-state index >= 15 is 0 Å². The van der Waals surface area contributed by atoms with Gasteiger partial charge in [0.05, 0.1) is 5.56 Å². The minimum atomic E-state index is -0.230. The minimum Gasteiger partial charge on any atom is -0.508 e. The van der Waals surface area contributed by atoms with E-state index in [0.29, 0.717) is 47.9 Å². The third kappa shape index (κ3) is 6.68. The van der Waals surface area contributed by atoms with Crippen molar-refractivity contribution in [2.45, 2.75) is 78.2 Å². The van der Waals surface area contributed by atoms with Crippen LogP contribution in [0.4, 0.5) is 5.69 Å². The minimum absolute atomic E-state index is 0.00220. The summed E-state index contributed by atoms with van der Waals surface area (Å²) in [6.45, 7) is 6.23. The molecule has 276 valence electrons. The van der Waals surface area contributed by atoms with E-state index in [1.807, 2.05) is 59.2 Å². The van der Waals surface area contributed by atoms with Crippen LogP contribution in [0.2, 0.25) is 5.02 Å². The lowest BCUT2D eigenvalue weighted by Crippen LogP contribution is -2.42. The van der Waals surface area contributed by atoms with Crippen molar-refractivity contribution in [3.05, 3.63) is 141 Å². The van der Waals surface area contributed by atoms with E-state index in [9.17, 15) is 19.5 Å². The number of carbonyl (C=O) groups is 3. The molecule has 2 atom stereocenters. The molecule has 4 heterocycles. The number of fused-ring (bicyclic) bond motifs is 3. The van der Waals surface area contributed by atoms with Crippen molar-refractivity contribution in [2.75, 3.05) is 11.9 Å². The molecule has 8 rings (SSSR count). The first kappa shape index (κ1) is 35.7. The summed E-state index contributed by atoms with van der Waals surface area (Å²) < 4.78 is 2.24. The third-order valence-electron chi connectivity index (χ3n) is 11.6. The second kappa shape index (κ2) is 14.5. The number of phenols is 1. The molecule has 0 radical (unpaired) electrons. The molecule has 4 aromatic carbocycles. The highest BCUT2D eigenvalue weighted by Crippen LogP contribution is 2.39. The number of hydrogen-bond donors (Lipinski definition) is 1. The number of aromatic hydroxyl groups is 1. The molecule has 0 fully saturated rings. The number of amides is 3. The quantitative estimate of drug-likeness (QED) is 0.182. The maximum Gasteiger partial charge on any atom is 0.259 e. The van der Waals surface area contributed by atoms with Gasteiger partial charge in [-0.15, -0.1) is 0 Å². The number of aromatic nitrogens is 1. The second-order valence-corrected chi connectivity index (χ2v) is 15.7. The lowest BCUT2D eigenvalue weighted by atomic mass is 9.92. The third-order valence-corrected chi connectivity index (χ3v) is 11.8. The average Bonchev–Trinajstić information content (AvgIpc) is 3.79. The summed E-state index contributed by atoms with van der Waals surface area (Å²) in [7, 11) is 1.75. The fraction of sp³-hybridized carbons (Fsp3) is 0.311. The first-order valence-corrected chi connectivity index (χ1v) is 19.3. The molecule has 0 bridgehead atoms. The van der Waals surface area contributed by atoms with Crippen LogP contribution in [-0.4, -0.2) is 50.3 Å². The van der Waals surface area contributed by atoms with E-state index in [2.05, 4.69) is 35.8 Å². The number of anilines is 1. The number of phenolic OH excluding ortho intramolecular Hbond substituents is 1. The van der Waals surface area contributed by atoms with Crippen LogP contribution in [0.25, 0.3) is 11.3 Å². The van der Waals surface area contributed by atoms with Crippen LogP contribution in [0.15, 0.2) is 91.0 Å². The number of benzene rings is 4. The number of halogens is 1. The first-order chi connectivity index (χ1) is 26.0. The van der Waals surface area contributed by atoms with E-state index < -0.39 is 0 Å². The standard InChI is InChI=1S/C45H45ClN4O4/c1-28(20-30-11-13-35(46)14-12-30)43(52)48-25-33-22-38(39(23-34(33)26-48)45(54)50-27-32-9-5-4-8-31(32)21-29(50)2)42-24-40(41-10-6-7-19-49(41)42)44(53)47(3)36-15-17-37(51)18-16-36/h4-5,8-9,11-18,22-24,28-29,51H,6-7,10,19-21,25-27H2,1-3H3/t28?,29-/m1/s1. The zero-order valence-electron chi connectivity index (χ0n) is 31.0. The van der Waals surface area contributed by atoms with E-state index in [0.717, 1.165) is 71.4 Å². The zero-order chi connectivity index (χ0) is 37.7. The topological polar surface area (TPSA) is 86.1 Å². The maximum atomic E-state index is 14.9. The molecular weight excluding hydrogens is 696 g/mol. The van der Waals surface area contributed by atoms with Gasteiger partial charge in [-0.05, 0) is 121 Å². The van der Waals surface area contributed by atoms with Gasteiger partial charge in [0.25, 0.3) is 11.8 Å². The highest BCUT2D eigenvalue weighted by Gasteiger charge is 2.35. The fourth-order valence-electron chi connectivity index (χ4n) is 8.53. The van der Waals surface area contributed by atoms with Crippen molar-refractivity contribution >= 4 is 35.0 Å². The molecule has 0 aliphatic carbocycles. The summed E-state index contributed by atoms with van der Waals surface area (Å²) in [4.78, 5) is 48.5. The van der Waals surface area contributed by atoms with Gasteiger partial charge in [-0.25, -0.2) is 0 Å². The predicted octanol–water partition coefficient (Wildman–Crippen LogP) is 8.44. The Morgan fingerprint density at radius 3 is 2.30 bits per heavy atom. The molecule has 0 saturated heterocycles. The maximum absolute atomic E-state index is 14.9. The molecule has 5 aromatic rings. The van der Waals surface area contributed by atoms with Gasteiger partial charge in [0.1, 0.15) is 5.75 Å². The van der Waals surface area contributed by atoms with Crippen LogP contribution >= 0.6 is 11.6 Å². The van der Waals surface area contributed by atoms with Crippen LogP contribution in [0.3, 0.4) is 0 Å². The molecule has 1 N–H and O–H groups in total. The predicted molar refractivity (Wildman–Crippen MR) is 212 cm³/mol. The largest absolute Gasteiger partial charge is 0.508 e. The van der Waals surface area contributed by atoms with E-state index in [1.165, 1.54) is 5.56 Å². The van der Waals surface area contributed by atoms with Crippen molar-refractivity contribution in [2.24, 2.45) is 5.92 Å². The van der Waals surface area contributed by atoms with E-state index in [1.54, 1.807) is 36.2 Å². The molecule has 0 spiro atoms. The normalized spacial score (nSPS) is 16.7. The van der Waals surface area contributed by atoms with Crippen molar-refractivity contribution in [3.63, 3.8) is 0 Å². The van der Waals surface area contributed by atoms with Gasteiger partial charge in [-0.1, -0.05) is 54.9 Å². The summed E-state index contributed by atoms with van der Waals surface area (Å²) in [5.74, 6) is -0.204. The number of nitrogens with zero attached hydrogens (tertiary/aromatic N) is 4. The highest BCUT2D eigenvalue weighted by atomic mass is 35.5.